The van der Waals surface area contributed by atoms with Crippen LogP contribution in [0.2, 0.25) is 0 Å². The van der Waals surface area contributed by atoms with E-state index >= 15 is 0 Å². The predicted molar refractivity (Wildman–Crippen MR) is 157 cm³/mol. The molecule has 41 heavy (non-hydrogen) atoms. The van der Waals surface area contributed by atoms with Crippen molar-refractivity contribution in [3.8, 4) is 11.1 Å². The molecule has 3 heterocycles. The van der Waals surface area contributed by atoms with Crippen molar-refractivity contribution in [3.05, 3.63) is 53.5 Å². The predicted octanol–water partition coefficient (Wildman–Crippen LogP) is 4.75. The Morgan fingerprint density at radius 3 is 2.49 bits per heavy atom. The number of rotatable bonds is 6. The van der Waals surface area contributed by atoms with Crippen molar-refractivity contribution in [3.63, 3.8) is 0 Å². The number of carbonyl (C=O) groups excluding carboxylic acids is 3. The Morgan fingerprint density at radius 1 is 1.02 bits per heavy atom. The van der Waals surface area contributed by atoms with Crippen molar-refractivity contribution in [2.75, 3.05) is 11.9 Å². The van der Waals surface area contributed by atoms with Gasteiger partial charge in [0.05, 0.1) is 17.1 Å². The monoisotopic (exact) mass is 559 g/mol. The minimum absolute atomic E-state index is 0.0437. The zero-order chi connectivity index (χ0) is 28.9. The number of aromatic nitrogens is 1. The quantitative estimate of drug-likeness (QED) is 0.348. The van der Waals surface area contributed by atoms with Gasteiger partial charge in [0.15, 0.2) is 0 Å². The second-order valence-corrected chi connectivity index (χ2v) is 12.7. The van der Waals surface area contributed by atoms with Crippen LogP contribution in [0.5, 0.6) is 0 Å². The third-order valence-corrected chi connectivity index (χ3v) is 8.94. The van der Waals surface area contributed by atoms with E-state index in [1.54, 1.807) is 16.7 Å². The fourth-order valence-electron chi connectivity index (χ4n) is 6.94. The molecule has 2 aromatic carbocycles. The van der Waals surface area contributed by atoms with Crippen LogP contribution in [-0.2, 0) is 11.2 Å². The number of nitrogens with zero attached hydrogens (tertiary/aromatic N) is 1. The molecule has 1 aliphatic carbocycles. The highest BCUT2D eigenvalue weighted by Gasteiger charge is 2.35. The van der Waals surface area contributed by atoms with E-state index in [1.165, 1.54) is 12.1 Å². The molecule has 0 radical (unpaired) electrons. The first-order valence-electron chi connectivity index (χ1n) is 14.7. The molecule has 9 heteroatoms. The van der Waals surface area contributed by atoms with Gasteiger partial charge in [0.2, 0.25) is 11.8 Å². The molecule has 0 bridgehead atoms. The fraction of sp³-hybridized carbons (Fsp3) is 0.469. The summed E-state index contributed by atoms with van der Waals surface area (Å²) < 4.78 is 16.0. The van der Waals surface area contributed by atoms with Crippen molar-refractivity contribution in [2.45, 2.75) is 83.3 Å². The molecule has 3 aliphatic rings. The third-order valence-electron chi connectivity index (χ3n) is 8.94. The Labute approximate surface area is 239 Å². The van der Waals surface area contributed by atoms with Crippen LogP contribution in [0.1, 0.15) is 79.6 Å². The molecule has 216 valence electrons. The molecule has 2 fully saturated rings. The maximum atomic E-state index is 14.3. The van der Waals surface area contributed by atoms with Gasteiger partial charge in [-0.2, -0.15) is 0 Å². The van der Waals surface area contributed by atoms with Gasteiger partial charge in [0.1, 0.15) is 5.82 Å². The van der Waals surface area contributed by atoms with Crippen molar-refractivity contribution in [1.82, 2.24) is 15.2 Å². The molecule has 5 N–H and O–H groups in total. The highest BCUT2D eigenvalue weighted by molar-refractivity contribution is 6.06. The molecule has 2 amide bonds. The van der Waals surface area contributed by atoms with E-state index in [0.717, 1.165) is 67.3 Å². The molecular weight excluding hydrogens is 521 g/mol. The van der Waals surface area contributed by atoms with Crippen LogP contribution in [-0.4, -0.2) is 47.0 Å². The van der Waals surface area contributed by atoms with Gasteiger partial charge in [-0.15, -0.1) is 0 Å². The van der Waals surface area contributed by atoms with Crippen molar-refractivity contribution < 1.29 is 18.8 Å². The average Bonchev–Trinajstić information content (AvgIpc) is 3.55. The first-order chi connectivity index (χ1) is 19.6. The number of benzene rings is 2. The van der Waals surface area contributed by atoms with E-state index < -0.39 is 5.91 Å². The Morgan fingerprint density at radius 2 is 1.78 bits per heavy atom. The van der Waals surface area contributed by atoms with Gasteiger partial charge < -0.3 is 21.7 Å². The first-order valence-corrected chi connectivity index (χ1v) is 14.7. The lowest BCUT2D eigenvalue weighted by Crippen LogP contribution is -2.47. The Bertz CT molecular complexity index is 1530. The Kier molecular flexibility index (Phi) is 7.09. The van der Waals surface area contributed by atoms with Crippen molar-refractivity contribution in [1.29, 1.82) is 0 Å². The molecule has 6 rings (SSSR count). The number of nitrogens with two attached hydrogens (primary N) is 1. The summed E-state index contributed by atoms with van der Waals surface area (Å²) in [6, 6.07) is 10.3. The minimum Gasteiger partial charge on any atom is -0.382 e. The van der Waals surface area contributed by atoms with Gasteiger partial charge in [-0.3, -0.25) is 19.0 Å². The third kappa shape index (κ3) is 5.35. The van der Waals surface area contributed by atoms with Crippen LogP contribution in [0.25, 0.3) is 22.0 Å². The number of nitrogens with one attached hydrogen (secondary N) is 3. The number of carbonyl (C=O) groups is 3. The van der Waals surface area contributed by atoms with Gasteiger partial charge >= 0.3 is 0 Å². The summed E-state index contributed by atoms with van der Waals surface area (Å²) in [7, 11) is 0. The summed E-state index contributed by atoms with van der Waals surface area (Å²) in [5.74, 6) is -0.865. The minimum atomic E-state index is -0.522. The van der Waals surface area contributed by atoms with E-state index in [0.29, 0.717) is 29.6 Å². The first kappa shape index (κ1) is 27.4. The van der Waals surface area contributed by atoms with Crippen LogP contribution in [0.15, 0.2) is 36.4 Å². The summed E-state index contributed by atoms with van der Waals surface area (Å²) in [6.07, 6.45) is 6.35. The van der Waals surface area contributed by atoms with E-state index in [4.69, 9.17) is 5.73 Å². The fourth-order valence-corrected chi connectivity index (χ4v) is 6.94. The summed E-state index contributed by atoms with van der Waals surface area (Å²) >= 11 is 0. The highest BCUT2D eigenvalue weighted by atomic mass is 19.1. The SMILES string of the molecule is CC1(C)CC(=O)n2c(c(-c3ccc(C(N)=O)c(NC4CCC(NC(=O)C5CCCN5)CC4)c3)c3ccc(F)cc32)C1. The largest absolute Gasteiger partial charge is 0.382 e. The summed E-state index contributed by atoms with van der Waals surface area (Å²) in [4.78, 5) is 38.2. The average molecular weight is 560 g/mol. The molecule has 8 nitrogen and oxygen atoms in total. The molecule has 1 unspecified atom stereocenters. The van der Waals surface area contributed by atoms with Crippen molar-refractivity contribution >= 4 is 34.3 Å². The molecular formula is C32H38FN5O3. The number of hydrogen-bond donors (Lipinski definition) is 4. The normalized spacial score (nSPS) is 23.8. The van der Waals surface area contributed by atoms with Gasteiger partial charge in [-0.25, -0.2) is 4.39 Å². The summed E-state index contributed by atoms with van der Waals surface area (Å²) in [6.45, 7) is 5.04. The molecule has 2 aliphatic heterocycles. The van der Waals surface area contributed by atoms with Crippen LogP contribution in [0.4, 0.5) is 10.1 Å². The lowest BCUT2D eigenvalue weighted by Gasteiger charge is -2.32. The standard InChI is InChI=1S/C32H38FN5O3/c1-32(2)16-27-29(23-12-6-19(33)15-26(23)38(27)28(39)17-32)18-5-11-22(30(34)40)25(14-18)36-20-7-9-21(10-8-20)37-31(41)24-4-3-13-35-24/h5-6,11-12,14-15,20-21,24,35-36H,3-4,7-10,13,16-17H2,1-2H3,(H2,34,40)(H,37,41). The maximum absolute atomic E-state index is 14.3. The van der Waals surface area contributed by atoms with Crippen LogP contribution in [0, 0.1) is 11.2 Å². The number of halogens is 1. The Balaban J connectivity index is 1.29. The second kappa shape index (κ2) is 10.6. The molecule has 1 atom stereocenters. The molecule has 1 saturated carbocycles. The number of fused-ring (bicyclic) bond motifs is 3. The molecule has 1 saturated heterocycles. The van der Waals surface area contributed by atoms with Gasteiger partial charge in [0, 0.05) is 40.8 Å². The van der Waals surface area contributed by atoms with Crippen LogP contribution in [0.3, 0.4) is 0 Å². The van der Waals surface area contributed by atoms with Crippen LogP contribution >= 0.6 is 0 Å². The lowest BCUT2D eigenvalue weighted by molar-refractivity contribution is -0.123. The molecule has 3 aromatic rings. The van der Waals surface area contributed by atoms with Gasteiger partial charge in [-0.1, -0.05) is 19.9 Å². The maximum Gasteiger partial charge on any atom is 0.250 e. The van der Waals surface area contributed by atoms with E-state index in [1.807, 2.05) is 12.1 Å². The molecule has 0 spiro atoms. The smallest absolute Gasteiger partial charge is 0.250 e. The zero-order valence-corrected chi connectivity index (χ0v) is 23.7. The molecule has 1 aromatic heterocycles. The van der Waals surface area contributed by atoms with Gasteiger partial charge in [-0.05, 0) is 92.8 Å². The van der Waals surface area contributed by atoms with Crippen LogP contribution < -0.4 is 21.7 Å². The Hall–Kier alpha value is -3.72. The second-order valence-electron chi connectivity index (χ2n) is 12.7. The lowest BCUT2D eigenvalue weighted by atomic mass is 9.80. The van der Waals surface area contributed by atoms with E-state index in [2.05, 4.69) is 29.8 Å². The van der Waals surface area contributed by atoms with Crippen molar-refractivity contribution in [2.24, 2.45) is 11.1 Å². The topological polar surface area (TPSA) is 118 Å². The highest BCUT2D eigenvalue weighted by Crippen LogP contribution is 2.43. The summed E-state index contributed by atoms with van der Waals surface area (Å²) in [5, 5.41) is 10.8. The number of primary amides is 1. The number of amides is 2. The van der Waals surface area contributed by atoms with Gasteiger partial charge in [0.25, 0.3) is 5.91 Å². The summed E-state index contributed by atoms with van der Waals surface area (Å²) in [5.41, 5.74) is 9.74. The number of hydrogen-bond acceptors (Lipinski definition) is 5. The van der Waals surface area contributed by atoms with E-state index in [-0.39, 0.29) is 41.2 Å². The van der Waals surface area contributed by atoms with E-state index in [9.17, 15) is 18.8 Å². The number of anilines is 1. The zero-order valence-electron chi connectivity index (χ0n) is 23.7.